The third kappa shape index (κ3) is 3.80. The summed E-state index contributed by atoms with van der Waals surface area (Å²) < 4.78 is 39.2. The Balaban J connectivity index is 2.56. The minimum atomic E-state index is -4.27. The van der Waals surface area contributed by atoms with E-state index in [9.17, 15) is 22.9 Å². The Morgan fingerprint density at radius 1 is 1.25 bits per heavy atom. The number of hydrogen-bond donors (Lipinski definition) is 0. The highest BCUT2D eigenvalue weighted by molar-refractivity contribution is 7.93. The summed E-state index contributed by atoms with van der Waals surface area (Å²) in [6.07, 6.45) is 1.15. The fourth-order valence-electron chi connectivity index (χ4n) is 2.05. The summed E-state index contributed by atoms with van der Waals surface area (Å²) in [6.45, 7) is -0.919. The molecule has 24 heavy (non-hydrogen) atoms. The van der Waals surface area contributed by atoms with Crippen molar-refractivity contribution in [1.29, 1.82) is 0 Å². The molecule has 1 aromatic carbocycles. The van der Waals surface area contributed by atoms with Crippen LogP contribution in [-0.2, 0) is 10.0 Å². The first-order valence-corrected chi connectivity index (χ1v) is 8.63. The first-order valence-electron chi connectivity index (χ1n) is 6.81. The minimum absolute atomic E-state index is 0.0670. The molecule has 0 fully saturated rings. The largest absolute Gasteiger partial charge is 0.289 e. The standard InChI is InChI=1S/C14H13ClFN3O4S/c15-14-7-6-11(10-17-14)18(9-3-8-16)24(22,23)13-5-2-1-4-12(13)19(20)21/h1-2,4-7,10H,3,8-9H2. The van der Waals surface area contributed by atoms with E-state index in [0.29, 0.717) is 0 Å². The Hall–Kier alpha value is -2.26. The Morgan fingerprint density at radius 3 is 2.54 bits per heavy atom. The lowest BCUT2D eigenvalue weighted by Crippen LogP contribution is -2.32. The van der Waals surface area contributed by atoms with Crippen LogP contribution in [0.2, 0.25) is 5.15 Å². The Morgan fingerprint density at radius 2 is 1.96 bits per heavy atom. The predicted octanol–water partition coefficient (Wildman–Crippen LogP) is 3.20. The Kier molecular flexibility index (Phi) is 5.68. The third-order valence-electron chi connectivity index (χ3n) is 3.12. The van der Waals surface area contributed by atoms with Gasteiger partial charge >= 0.3 is 0 Å². The summed E-state index contributed by atoms with van der Waals surface area (Å²) in [5.41, 5.74) is -0.407. The normalized spacial score (nSPS) is 11.2. The highest BCUT2D eigenvalue weighted by Gasteiger charge is 2.31. The van der Waals surface area contributed by atoms with Gasteiger partial charge in [-0.3, -0.25) is 18.8 Å². The molecule has 0 radical (unpaired) electrons. The third-order valence-corrected chi connectivity index (χ3v) is 5.22. The van der Waals surface area contributed by atoms with Crippen molar-refractivity contribution in [2.45, 2.75) is 11.3 Å². The van der Waals surface area contributed by atoms with Gasteiger partial charge in [0.05, 0.1) is 23.5 Å². The summed E-state index contributed by atoms with van der Waals surface area (Å²) in [5, 5.41) is 11.3. The quantitative estimate of drug-likeness (QED) is 0.422. The zero-order chi connectivity index (χ0) is 17.7. The smallest absolute Gasteiger partial charge is 0.264 e. The molecule has 2 aromatic rings. The number of aromatic nitrogens is 1. The van der Waals surface area contributed by atoms with Crippen molar-refractivity contribution in [3.05, 3.63) is 57.9 Å². The van der Waals surface area contributed by atoms with E-state index in [1.54, 1.807) is 0 Å². The number of nitrogens with zero attached hydrogens (tertiary/aromatic N) is 3. The minimum Gasteiger partial charge on any atom is -0.264 e. The number of nitro groups is 1. The summed E-state index contributed by atoms with van der Waals surface area (Å²) >= 11 is 5.69. The van der Waals surface area contributed by atoms with Gasteiger partial charge in [-0.25, -0.2) is 13.4 Å². The number of para-hydroxylation sites is 1. The van der Waals surface area contributed by atoms with Crippen LogP contribution in [0.5, 0.6) is 0 Å². The molecule has 2 rings (SSSR count). The van der Waals surface area contributed by atoms with Gasteiger partial charge in [-0.15, -0.1) is 0 Å². The van der Waals surface area contributed by atoms with Gasteiger partial charge in [-0.2, -0.15) is 0 Å². The molecule has 128 valence electrons. The van der Waals surface area contributed by atoms with Crippen LogP contribution in [0, 0.1) is 10.1 Å². The van der Waals surface area contributed by atoms with Gasteiger partial charge in [0, 0.05) is 12.6 Å². The molecule has 7 nitrogen and oxygen atoms in total. The lowest BCUT2D eigenvalue weighted by atomic mass is 10.3. The van der Waals surface area contributed by atoms with Gasteiger partial charge in [-0.05, 0) is 24.6 Å². The maximum Gasteiger partial charge on any atom is 0.289 e. The molecule has 0 atom stereocenters. The van der Waals surface area contributed by atoms with Gasteiger partial charge < -0.3 is 0 Å². The van der Waals surface area contributed by atoms with Crippen LogP contribution in [0.1, 0.15) is 6.42 Å². The molecule has 0 aliphatic rings. The van der Waals surface area contributed by atoms with Crippen LogP contribution >= 0.6 is 11.6 Å². The average molecular weight is 374 g/mol. The van der Waals surface area contributed by atoms with Crippen molar-refractivity contribution in [3.8, 4) is 0 Å². The van der Waals surface area contributed by atoms with E-state index in [0.717, 1.165) is 16.4 Å². The molecule has 1 aromatic heterocycles. The van der Waals surface area contributed by atoms with E-state index in [1.807, 2.05) is 0 Å². The van der Waals surface area contributed by atoms with Crippen molar-refractivity contribution < 1.29 is 17.7 Å². The van der Waals surface area contributed by atoms with Crippen molar-refractivity contribution in [3.63, 3.8) is 0 Å². The van der Waals surface area contributed by atoms with Gasteiger partial charge in [0.25, 0.3) is 15.7 Å². The molecule has 0 unspecified atom stereocenters. The number of sulfonamides is 1. The maximum absolute atomic E-state index is 12.9. The fraction of sp³-hybridized carbons (Fsp3) is 0.214. The summed E-state index contributed by atoms with van der Waals surface area (Å²) in [5.74, 6) is 0. The van der Waals surface area contributed by atoms with Crippen LogP contribution in [0.3, 0.4) is 0 Å². The van der Waals surface area contributed by atoms with Crippen LogP contribution in [0.25, 0.3) is 0 Å². The van der Waals surface area contributed by atoms with E-state index < -0.39 is 32.2 Å². The van der Waals surface area contributed by atoms with Crippen LogP contribution < -0.4 is 4.31 Å². The number of anilines is 1. The molecule has 0 saturated carbocycles. The first kappa shape index (κ1) is 18.1. The molecule has 0 amide bonds. The van der Waals surface area contributed by atoms with E-state index in [1.165, 1.54) is 30.5 Å². The number of pyridine rings is 1. The van der Waals surface area contributed by atoms with Gasteiger partial charge in [0.1, 0.15) is 5.15 Å². The monoisotopic (exact) mass is 373 g/mol. The second kappa shape index (κ2) is 7.54. The van der Waals surface area contributed by atoms with E-state index in [4.69, 9.17) is 11.6 Å². The van der Waals surface area contributed by atoms with Crippen molar-refractivity contribution in [2.24, 2.45) is 0 Å². The second-order valence-electron chi connectivity index (χ2n) is 4.68. The lowest BCUT2D eigenvalue weighted by molar-refractivity contribution is -0.387. The number of alkyl halides is 1. The molecule has 0 N–H and O–H groups in total. The summed E-state index contributed by atoms with van der Waals surface area (Å²) in [7, 11) is -4.27. The Labute approximate surface area is 142 Å². The van der Waals surface area contributed by atoms with E-state index in [2.05, 4.69) is 4.98 Å². The highest BCUT2D eigenvalue weighted by atomic mass is 35.5. The lowest BCUT2D eigenvalue weighted by Gasteiger charge is -2.23. The number of hydrogen-bond acceptors (Lipinski definition) is 5. The molecular weight excluding hydrogens is 361 g/mol. The van der Waals surface area contributed by atoms with Gasteiger partial charge in [-0.1, -0.05) is 23.7 Å². The molecule has 0 aliphatic carbocycles. The van der Waals surface area contributed by atoms with Crippen molar-refractivity contribution >= 4 is 33.0 Å². The molecule has 0 saturated heterocycles. The van der Waals surface area contributed by atoms with E-state index in [-0.39, 0.29) is 23.8 Å². The SMILES string of the molecule is O=[N+]([O-])c1ccccc1S(=O)(=O)N(CCCF)c1ccc(Cl)nc1. The number of halogens is 2. The molecule has 1 heterocycles. The second-order valence-corrected chi connectivity index (χ2v) is 6.90. The molecule has 0 spiro atoms. The predicted molar refractivity (Wildman–Crippen MR) is 87.5 cm³/mol. The average Bonchev–Trinajstić information content (AvgIpc) is 2.56. The zero-order valence-corrected chi connectivity index (χ0v) is 13.9. The van der Waals surface area contributed by atoms with Crippen LogP contribution in [-0.4, -0.2) is 31.5 Å². The maximum atomic E-state index is 12.9. The van der Waals surface area contributed by atoms with Gasteiger partial charge in [0.15, 0.2) is 4.90 Å². The van der Waals surface area contributed by atoms with Crippen LogP contribution in [0.4, 0.5) is 15.8 Å². The van der Waals surface area contributed by atoms with Gasteiger partial charge in [0.2, 0.25) is 0 Å². The topological polar surface area (TPSA) is 93.4 Å². The van der Waals surface area contributed by atoms with Crippen molar-refractivity contribution in [1.82, 2.24) is 4.98 Å². The highest BCUT2D eigenvalue weighted by Crippen LogP contribution is 2.30. The molecule has 0 bridgehead atoms. The number of benzene rings is 1. The van der Waals surface area contributed by atoms with E-state index >= 15 is 0 Å². The zero-order valence-electron chi connectivity index (χ0n) is 12.3. The molecule has 0 aliphatic heterocycles. The number of rotatable bonds is 7. The Bertz CT molecular complexity index is 830. The summed E-state index contributed by atoms with van der Waals surface area (Å²) in [6, 6.07) is 7.77. The first-order chi connectivity index (χ1) is 11.4. The number of nitro benzene ring substituents is 1. The van der Waals surface area contributed by atoms with Crippen LogP contribution in [0.15, 0.2) is 47.5 Å². The summed E-state index contributed by atoms with van der Waals surface area (Å²) in [4.78, 5) is 13.7. The molecule has 10 heteroatoms. The van der Waals surface area contributed by atoms with Crippen molar-refractivity contribution in [2.75, 3.05) is 17.5 Å². The fourth-order valence-corrected chi connectivity index (χ4v) is 3.81. The molecular formula is C14H13ClFN3O4S.